The third-order valence-corrected chi connectivity index (χ3v) is 4.39. The van der Waals surface area contributed by atoms with E-state index in [1.165, 1.54) is 0 Å². The molecule has 0 saturated carbocycles. The summed E-state index contributed by atoms with van der Waals surface area (Å²) in [5.41, 5.74) is 1.76. The monoisotopic (exact) mass is 272 g/mol. The van der Waals surface area contributed by atoms with Gasteiger partial charge in [-0.25, -0.2) is 8.42 Å². The van der Waals surface area contributed by atoms with Crippen molar-refractivity contribution >= 4 is 31.1 Å². The second-order valence-electron chi connectivity index (χ2n) is 3.45. The topological polar surface area (TPSA) is 34.1 Å². The van der Waals surface area contributed by atoms with E-state index >= 15 is 0 Å². The lowest BCUT2D eigenvalue weighted by atomic mass is 10.1. The van der Waals surface area contributed by atoms with E-state index in [-0.39, 0.29) is 4.90 Å². The van der Waals surface area contributed by atoms with Crippen LogP contribution in [-0.4, -0.2) is 8.42 Å². The SMILES string of the molecule is Cc1cc(-c2cccs2)cc(S(=O)(=O)Cl)c1. The maximum Gasteiger partial charge on any atom is 0.261 e. The zero-order valence-electron chi connectivity index (χ0n) is 8.48. The molecule has 0 fully saturated rings. The maximum atomic E-state index is 11.3. The van der Waals surface area contributed by atoms with Crippen molar-refractivity contribution in [3.8, 4) is 10.4 Å². The van der Waals surface area contributed by atoms with Gasteiger partial charge in [-0.05, 0) is 41.6 Å². The Morgan fingerprint density at radius 3 is 2.56 bits per heavy atom. The van der Waals surface area contributed by atoms with Crippen LogP contribution in [0.15, 0.2) is 40.6 Å². The highest BCUT2D eigenvalue weighted by molar-refractivity contribution is 8.13. The molecule has 0 saturated heterocycles. The Morgan fingerprint density at radius 2 is 2.00 bits per heavy atom. The minimum absolute atomic E-state index is 0.151. The minimum Gasteiger partial charge on any atom is -0.207 e. The van der Waals surface area contributed by atoms with E-state index in [9.17, 15) is 8.42 Å². The van der Waals surface area contributed by atoms with Crippen LogP contribution in [0.4, 0.5) is 0 Å². The van der Waals surface area contributed by atoms with Gasteiger partial charge in [-0.2, -0.15) is 0 Å². The third kappa shape index (κ3) is 2.45. The van der Waals surface area contributed by atoms with Gasteiger partial charge >= 0.3 is 0 Å². The van der Waals surface area contributed by atoms with Gasteiger partial charge in [0, 0.05) is 15.6 Å². The van der Waals surface area contributed by atoms with Crippen molar-refractivity contribution in [2.75, 3.05) is 0 Å². The van der Waals surface area contributed by atoms with Crippen LogP contribution in [0.1, 0.15) is 5.56 Å². The van der Waals surface area contributed by atoms with Gasteiger partial charge in [0.2, 0.25) is 0 Å². The maximum absolute atomic E-state index is 11.3. The fourth-order valence-corrected chi connectivity index (χ4v) is 3.05. The number of benzene rings is 1. The van der Waals surface area contributed by atoms with Crippen molar-refractivity contribution in [1.82, 2.24) is 0 Å². The standard InChI is InChI=1S/C11H9ClO2S2/c1-8-5-9(11-3-2-4-15-11)7-10(6-8)16(12,13)14/h2-7H,1H3. The number of rotatable bonds is 2. The molecular weight excluding hydrogens is 264 g/mol. The van der Waals surface area contributed by atoms with E-state index in [1.54, 1.807) is 23.5 Å². The molecule has 0 N–H and O–H groups in total. The Kier molecular flexibility index (Phi) is 3.06. The van der Waals surface area contributed by atoms with Crippen LogP contribution in [0, 0.1) is 6.92 Å². The molecule has 0 atom stereocenters. The molecular formula is C11H9ClO2S2. The van der Waals surface area contributed by atoms with Crippen molar-refractivity contribution in [2.24, 2.45) is 0 Å². The molecule has 2 nitrogen and oxygen atoms in total. The first-order valence-corrected chi connectivity index (χ1v) is 7.76. The molecule has 0 radical (unpaired) electrons. The van der Waals surface area contributed by atoms with E-state index in [2.05, 4.69) is 0 Å². The molecule has 0 amide bonds. The Bertz CT molecular complexity index is 601. The highest BCUT2D eigenvalue weighted by atomic mass is 35.7. The predicted molar refractivity (Wildman–Crippen MR) is 67.5 cm³/mol. The molecule has 0 bridgehead atoms. The van der Waals surface area contributed by atoms with Crippen molar-refractivity contribution in [3.05, 3.63) is 41.3 Å². The van der Waals surface area contributed by atoms with Crippen molar-refractivity contribution in [2.45, 2.75) is 11.8 Å². The van der Waals surface area contributed by atoms with Gasteiger partial charge in [0.15, 0.2) is 0 Å². The third-order valence-electron chi connectivity index (χ3n) is 2.14. The number of halogens is 1. The second kappa shape index (κ2) is 4.20. The Balaban J connectivity index is 2.62. The molecule has 0 unspecified atom stereocenters. The van der Waals surface area contributed by atoms with Crippen LogP contribution < -0.4 is 0 Å². The van der Waals surface area contributed by atoms with Crippen LogP contribution in [0.25, 0.3) is 10.4 Å². The van der Waals surface area contributed by atoms with Crippen LogP contribution in [0.2, 0.25) is 0 Å². The molecule has 0 aliphatic carbocycles. The lowest BCUT2D eigenvalue weighted by Gasteiger charge is -2.03. The smallest absolute Gasteiger partial charge is 0.207 e. The molecule has 2 rings (SSSR count). The van der Waals surface area contributed by atoms with Crippen LogP contribution >= 0.6 is 22.0 Å². The molecule has 0 spiro atoms. The normalized spacial score (nSPS) is 11.6. The van der Waals surface area contributed by atoms with E-state index in [1.807, 2.05) is 30.5 Å². The molecule has 5 heteroatoms. The summed E-state index contributed by atoms with van der Waals surface area (Å²) < 4.78 is 22.6. The Morgan fingerprint density at radius 1 is 1.25 bits per heavy atom. The zero-order valence-corrected chi connectivity index (χ0v) is 10.9. The number of hydrogen-bond acceptors (Lipinski definition) is 3. The lowest BCUT2D eigenvalue weighted by Crippen LogP contribution is -1.92. The van der Waals surface area contributed by atoms with Gasteiger partial charge < -0.3 is 0 Å². The summed E-state index contributed by atoms with van der Waals surface area (Å²) in [6.07, 6.45) is 0. The highest BCUT2D eigenvalue weighted by Gasteiger charge is 2.12. The zero-order chi connectivity index (χ0) is 11.8. The first-order chi connectivity index (χ1) is 7.47. The van der Waals surface area contributed by atoms with Crippen molar-refractivity contribution in [3.63, 3.8) is 0 Å². The van der Waals surface area contributed by atoms with Crippen LogP contribution in [0.5, 0.6) is 0 Å². The van der Waals surface area contributed by atoms with Gasteiger partial charge in [-0.3, -0.25) is 0 Å². The van der Waals surface area contributed by atoms with Gasteiger partial charge in [0.25, 0.3) is 9.05 Å². The fraction of sp³-hybridized carbons (Fsp3) is 0.0909. The Labute approximate surface area is 103 Å². The van der Waals surface area contributed by atoms with E-state index in [0.29, 0.717) is 0 Å². The molecule has 2 aromatic rings. The second-order valence-corrected chi connectivity index (χ2v) is 6.96. The summed E-state index contributed by atoms with van der Waals surface area (Å²) >= 11 is 1.57. The summed E-state index contributed by atoms with van der Waals surface area (Å²) in [7, 11) is 1.68. The van der Waals surface area contributed by atoms with Crippen molar-refractivity contribution < 1.29 is 8.42 Å². The summed E-state index contributed by atoms with van der Waals surface area (Å²) in [6.45, 7) is 1.85. The largest absolute Gasteiger partial charge is 0.261 e. The first-order valence-electron chi connectivity index (χ1n) is 4.57. The number of hydrogen-bond donors (Lipinski definition) is 0. The Hall–Kier alpha value is -0.840. The quantitative estimate of drug-likeness (QED) is 0.782. The summed E-state index contributed by atoms with van der Waals surface area (Å²) in [4.78, 5) is 1.18. The predicted octanol–water partition coefficient (Wildman–Crippen LogP) is 3.65. The van der Waals surface area contributed by atoms with Gasteiger partial charge in [0.1, 0.15) is 0 Å². The molecule has 1 aromatic carbocycles. The molecule has 0 aliphatic heterocycles. The van der Waals surface area contributed by atoms with E-state index in [0.717, 1.165) is 16.0 Å². The molecule has 1 heterocycles. The summed E-state index contributed by atoms with van der Waals surface area (Å²) in [5.74, 6) is 0. The summed E-state index contributed by atoms with van der Waals surface area (Å²) in [5, 5.41) is 1.95. The first kappa shape index (κ1) is 11.6. The van der Waals surface area contributed by atoms with Crippen LogP contribution in [0.3, 0.4) is 0 Å². The van der Waals surface area contributed by atoms with Crippen molar-refractivity contribution in [1.29, 1.82) is 0 Å². The number of thiophene rings is 1. The fourth-order valence-electron chi connectivity index (χ4n) is 1.47. The lowest BCUT2D eigenvalue weighted by molar-refractivity contribution is 0.609. The minimum atomic E-state index is -3.66. The summed E-state index contributed by atoms with van der Waals surface area (Å²) in [6, 6.07) is 8.99. The van der Waals surface area contributed by atoms with Gasteiger partial charge in [-0.1, -0.05) is 12.1 Å². The molecule has 1 aromatic heterocycles. The van der Waals surface area contributed by atoms with Crippen LogP contribution in [-0.2, 0) is 9.05 Å². The molecule has 0 aliphatic rings. The van der Waals surface area contributed by atoms with Gasteiger partial charge in [0.05, 0.1) is 4.90 Å². The average molecular weight is 273 g/mol. The molecule has 84 valence electrons. The molecule has 16 heavy (non-hydrogen) atoms. The van der Waals surface area contributed by atoms with E-state index < -0.39 is 9.05 Å². The van der Waals surface area contributed by atoms with E-state index in [4.69, 9.17) is 10.7 Å². The highest BCUT2D eigenvalue weighted by Crippen LogP contribution is 2.29. The number of aryl methyl sites for hydroxylation is 1. The average Bonchev–Trinajstić information content (AvgIpc) is 2.68. The van der Waals surface area contributed by atoms with Gasteiger partial charge in [-0.15, -0.1) is 11.3 Å².